The average Bonchev–Trinajstić information content (AvgIpc) is 3.22. The molecule has 1 atom stereocenters. The second kappa shape index (κ2) is 7.74. The van der Waals surface area contributed by atoms with Gasteiger partial charge in [-0.15, -0.1) is 11.3 Å². The number of hydrogen-bond donors (Lipinski definition) is 2. The maximum atomic E-state index is 12.4. The highest BCUT2D eigenvalue weighted by Gasteiger charge is 2.19. The lowest BCUT2D eigenvalue weighted by molar-refractivity contribution is 0.250. The van der Waals surface area contributed by atoms with E-state index in [1.807, 2.05) is 55.1 Å². The van der Waals surface area contributed by atoms with Crippen LogP contribution in [0, 0.1) is 27.7 Å². The van der Waals surface area contributed by atoms with Gasteiger partial charge in [0.25, 0.3) is 0 Å². The normalized spacial score (nSPS) is 12.0. The van der Waals surface area contributed by atoms with Crippen molar-refractivity contribution in [2.75, 3.05) is 11.9 Å². The maximum absolute atomic E-state index is 12.4. The highest BCUT2D eigenvalue weighted by molar-refractivity contribution is 7.10. The number of carbonyl (C=O) groups excluding carboxylic acids is 1. The molecule has 0 aliphatic rings. The van der Waals surface area contributed by atoms with Crippen molar-refractivity contribution in [1.29, 1.82) is 0 Å². The molecule has 0 spiro atoms. The van der Waals surface area contributed by atoms with Crippen LogP contribution < -0.4 is 10.6 Å². The van der Waals surface area contributed by atoms with Crippen molar-refractivity contribution in [3.8, 4) is 0 Å². The van der Waals surface area contributed by atoms with E-state index in [2.05, 4.69) is 34.8 Å². The number of hydrogen-bond acceptors (Lipinski definition) is 3. The number of aryl methyl sites for hydroxylation is 4. The number of thiophene rings is 1. The molecule has 2 heterocycles. The summed E-state index contributed by atoms with van der Waals surface area (Å²) in [4.78, 5) is 13.5. The molecular weight excluding hydrogens is 344 g/mol. The summed E-state index contributed by atoms with van der Waals surface area (Å²) in [5, 5.41) is 12.5. The summed E-state index contributed by atoms with van der Waals surface area (Å²) in [6.45, 7) is 8.58. The summed E-state index contributed by atoms with van der Waals surface area (Å²) in [5.41, 5.74) is 5.21. The van der Waals surface area contributed by atoms with E-state index in [0.717, 1.165) is 22.6 Å². The van der Waals surface area contributed by atoms with Crippen molar-refractivity contribution < 1.29 is 4.79 Å². The lowest BCUT2D eigenvalue weighted by atomic mass is 10.1. The number of rotatable bonds is 5. The molecule has 0 aliphatic carbocycles. The van der Waals surface area contributed by atoms with Crippen LogP contribution in [-0.2, 0) is 0 Å². The van der Waals surface area contributed by atoms with Gasteiger partial charge in [0.05, 0.1) is 5.69 Å². The number of urea groups is 1. The third-order valence-electron chi connectivity index (χ3n) is 4.43. The molecule has 3 rings (SSSR count). The van der Waals surface area contributed by atoms with E-state index in [1.54, 1.807) is 11.3 Å². The predicted molar refractivity (Wildman–Crippen MR) is 107 cm³/mol. The van der Waals surface area contributed by atoms with Gasteiger partial charge in [0.2, 0.25) is 0 Å². The zero-order chi connectivity index (χ0) is 18.7. The Morgan fingerprint density at radius 2 is 1.96 bits per heavy atom. The first kappa shape index (κ1) is 18.2. The van der Waals surface area contributed by atoms with Crippen molar-refractivity contribution in [2.24, 2.45) is 0 Å². The molecule has 6 heteroatoms. The Morgan fingerprint density at radius 1 is 1.15 bits per heavy atom. The summed E-state index contributed by atoms with van der Waals surface area (Å²) in [7, 11) is 0. The van der Waals surface area contributed by atoms with Crippen molar-refractivity contribution >= 4 is 23.1 Å². The number of aromatic nitrogens is 2. The van der Waals surface area contributed by atoms with E-state index in [9.17, 15) is 4.79 Å². The molecule has 26 heavy (non-hydrogen) atoms. The third-order valence-corrected chi connectivity index (χ3v) is 5.41. The molecule has 2 amide bonds. The minimum absolute atomic E-state index is 0.0193. The molecule has 0 aliphatic heterocycles. The van der Waals surface area contributed by atoms with Gasteiger partial charge in [-0.3, -0.25) is 4.68 Å². The van der Waals surface area contributed by atoms with Crippen molar-refractivity contribution in [3.63, 3.8) is 0 Å². The van der Waals surface area contributed by atoms with Crippen LogP contribution in [0.25, 0.3) is 0 Å². The zero-order valence-corrected chi connectivity index (χ0v) is 16.4. The van der Waals surface area contributed by atoms with Crippen molar-refractivity contribution in [2.45, 2.75) is 33.7 Å². The summed E-state index contributed by atoms with van der Waals surface area (Å²) in [5.74, 6) is 0. The Labute approximate surface area is 158 Å². The van der Waals surface area contributed by atoms with E-state index in [1.165, 1.54) is 10.4 Å². The van der Waals surface area contributed by atoms with Gasteiger partial charge >= 0.3 is 6.03 Å². The first-order valence-corrected chi connectivity index (χ1v) is 9.50. The predicted octanol–water partition coefficient (Wildman–Crippen LogP) is 4.59. The Morgan fingerprint density at radius 3 is 2.58 bits per heavy atom. The lowest BCUT2D eigenvalue weighted by Crippen LogP contribution is -2.34. The topological polar surface area (TPSA) is 59.0 Å². The number of carbonyl (C=O) groups is 1. The fraction of sp³-hybridized carbons (Fsp3) is 0.300. The van der Waals surface area contributed by atoms with Crippen LogP contribution in [0.15, 0.2) is 41.8 Å². The molecule has 136 valence electrons. The fourth-order valence-corrected chi connectivity index (χ4v) is 3.75. The van der Waals surface area contributed by atoms with Crippen LogP contribution in [0.1, 0.15) is 33.4 Å². The van der Waals surface area contributed by atoms with Gasteiger partial charge in [0, 0.05) is 22.8 Å². The summed E-state index contributed by atoms with van der Waals surface area (Å²) < 4.78 is 1.98. The van der Waals surface area contributed by atoms with Gasteiger partial charge in [-0.05, 0) is 68.5 Å². The lowest BCUT2D eigenvalue weighted by Gasteiger charge is -2.19. The fourth-order valence-electron chi connectivity index (χ4n) is 2.93. The molecule has 0 bridgehead atoms. The number of nitrogens with one attached hydrogen (secondary N) is 2. The number of anilines is 1. The number of amides is 2. The Hall–Kier alpha value is -2.60. The Bertz CT molecular complexity index is 899. The van der Waals surface area contributed by atoms with Crippen LogP contribution >= 0.6 is 11.3 Å². The second-order valence-corrected chi connectivity index (χ2v) is 7.52. The van der Waals surface area contributed by atoms with E-state index < -0.39 is 0 Å². The number of benzene rings is 1. The SMILES string of the molecule is Cc1cc(C)n(C(CNC(=O)Nc2ccc(C)c(C)c2)c2cccs2)n1. The summed E-state index contributed by atoms with van der Waals surface area (Å²) >= 11 is 1.67. The Balaban J connectivity index is 1.70. The minimum atomic E-state index is -0.212. The van der Waals surface area contributed by atoms with E-state index in [-0.39, 0.29) is 12.1 Å². The largest absolute Gasteiger partial charge is 0.335 e. The quantitative estimate of drug-likeness (QED) is 0.692. The van der Waals surface area contributed by atoms with E-state index >= 15 is 0 Å². The standard InChI is InChI=1S/C20H24N4OS/c1-13-7-8-17(10-14(13)2)22-20(25)21-12-18(19-6-5-9-26-19)24-16(4)11-15(3)23-24/h5-11,18H,12H2,1-4H3,(H2,21,22,25). The maximum Gasteiger partial charge on any atom is 0.319 e. The molecule has 1 aromatic carbocycles. The highest BCUT2D eigenvalue weighted by Crippen LogP contribution is 2.24. The molecule has 2 aromatic heterocycles. The van der Waals surface area contributed by atoms with Crippen molar-refractivity contribution in [1.82, 2.24) is 15.1 Å². The molecule has 0 saturated heterocycles. The van der Waals surface area contributed by atoms with Crippen LogP contribution in [0.3, 0.4) is 0 Å². The monoisotopic (exact) mass is 368 g/mol. The van der Waals surface area contributed by atoms with Crippen LogP contribution in [-0.4, -0.2) is 22.4 Å². The molecule has 5 nitrogen and oxygen atoms in total. The Kier molecular flexibility index (Phi) is 5.42. The molecule has 2 N–H and O–H groups in total. The van der Waals surface area contributed by atoms with Gasteiger partial charge in [-0.2, -0.15) is 5.10 Å². The molecule has 3 aromatic rings. The minimum Gasteiger partial charge on any atom is -0.335 e. The van der Waals surface area contributed by atoms with Gasteiger partial charge in [-0.1, -0.05) is 12.1 Å². The van der Waals surface area contributed by atoms with Gasteiger partial charge in [0.1, 0.15) is 6.04 Å². The van der Waals surface area contributed by atoms with E-state index in [0.29, 0.717) is 6.54 Å². The summed E-state index contributed by atoms with van der Waals surface area (Å²) in [6, 6.07) is 11.8. The second-order valence-electron chi connectivity index (χ2n) is 6.54. The van der Waals surface area contributed by atoms with Gasteiger partial charge < -0.3 is 10.6 Å². The van der Waals surface area contributed by atoms with Gasteiger partial charge in [-0.25, -0.2) is 4.79 Å². The third kappa shape index (κ3) is 4.14. The van der Waals surface area contributed by atoms with Crippen LogP contribution in [0.2, 0.25) is 0 Å². The molecule has 0 fully saturated rings. The molecular formula is C20H24N4OS. The zero-order valence-electron chi connectivity index (χ0n) is 15.5. The average molecular weight is 369 g/mol. The first-order chi connectivity index (χ1) is 12.4. The smallest absolute Gasteiger partial charge is 0.319 e. The molecule has 0 radical (unpaired) electrons. The molecule has 1 unspecified atom stereocenters. The first-order valence-electron chi connectivity index (χ1n) is 8.62. The molecule has 0 saturated carbocycles. The summed E-state index contributed by atoms with van der Waals surface area (Å²) in [6.07, 6.45) is 0. The van der Waals surface area contributed by atoms with Crippen LogP contribution in [0.5, 0.6) is 0 Å². The van der Waals surface area contributed by atoms with Crippen LogP contribution in [0.4, 0.5) is 10.5 Å². The van der Waals surface area contributed by atoms with Crippen molar-refractivity contribution in [3.05, 3.63) is 69.2 Å². The highest BCUT2D eigenvalue weighted by atomic mass is 32.1. The van der Waals surface area contributed by atoms with E-state index in [4.69, 9.17) is 0 Å². The van der Waals surface area contributed by atoms with Gasteiger partial charge in [0.15, 0.2) is 0 Å². The number of nitrogens with zero attached hydrogens (tertiary/aromatic N) is 2.